The Morgan fingerprint density at radius 1 is 1.12 bits per heavy atom. The van der Waals surface area contributed by atoms with Gasteiger partial charge in [-0.15, -0.1) is 0 Å². The number of hydrogen-bond donors (Lipinski definition) is 1. The van der Waals surface area contributed by atoms with Gasteiger partial charge in [-0.2, -0.15) is 13.2 Å². The Morgan fingerprint density at radius 2 is 1.81 bits per heavy atom. The lowest BCUT2D eigenvalue weighted by Gasteiger charge is -2.11. The van der Waals surface area contributed by atoms with Gasteiger partial charge >= 0.3 is 12.1 Å². The molecule has 0 aromatic heterocycles. The summed E-state index contributed by atoms with van der Waals surface area (Å²) >= 11 is 0. The molecule has 5 nitrogen and oxygen atoms in total. The molecule has 0 aliphatic carbocycles. The van der Waals surface area contributed by atoms with Crippen LogP contribution in [-0.2, 0) is 27.4 Å². The van der Waals surface area contributed by atoms with Gasteiger partial charge in [0.2, 0.25) is 10.0 Å². The normalized spacial score (nSPS) is 12.0. The minimum Gasteiger partial charge on any atom is -0.465 e. The summed E-state index contributed by atoms with van der Waals surface area (Å²) in [6.45, 7) is -0.126. The number of nitrogens with one attached hydrogen (secondary N) is 1. The molecule has 9 heteroatoms. The van der Waals surface area contributed by atoms with Crippen molar-refractivity contribution < 1.29 is 31.1 Å². The van der Waals surface area contributed by atoms with E-state index in [0.717, 1.165) is 19.2 Å². The Labute approximate surface area is 148 Å². The first-order valence-corrected chi connectivity index (χ1v) is 8.96. The van der Waals surface area contributed by atoms with E-state index in [0.29, 0.717) is 5.56 Å². The number of esters is 1. The van der Waals surface area contributed by atoms with E-state index in [-0.39, 0.29) is 23.4 Å². The van der Waals surface area contributed by atoms with Gasteiger partial charge in [-0.1, -0.05) is 30.3 Å². The van der Waals surface area contributed by atoms with Crippen LogP contribution in [0, 0.1) is 0 Å². The van der Waals surface area contributed by atoms with Gasteiger partial charge in [0.15, 0.2) is 0 Å². The molecule has 0 unspecified atom stereocenters. The van der Waals surface area contributed by atoms with Gasteiger partial charge in [0.25, 0.3) is 0 Å². The standard InChI is InChI=1S/C17H16F3NO4S/c1-25-16(22)14-7-2-3-8-15(14)26(23,24)21-10-9-12-5-4-6-13(11-12)17(18,19)20/h2-8,11,21H,9-10H2,1H3. The second kappa shape index (κ2) is 7.88. The highest BCUT2D eigenvalue weighted by Crippen LogP contribution is 2.29. The van der Waals surface area contributed by atoms with E-state index in [1.165, 1.54) is 36.4 Å². The maximum absolute atomic E-state index is 12.7. The van der Waals surface area contributed by atoms with Gasteiger partial charge in [-0.05, 0) is 30.2 Å². The largest absolute Gasteiger partial charge is 0.465 e. The highest BCUT2D eigenvalue weighted by atomic mass is 32.2. The number of alkyl halides is 3. The van der Waals surface area contributed by atoms with Gasteiger partial charge < -0.3 is 4.74 Å². The van der Waals surface area contributed by atoms with Gasteiger partial charge in [0.1, 0.15) is 0 Å². The number of rotatable bonds is 6. The number of sulfonamides is 1. The second-order valence-corrected chi connectivity index (χ2v) is 7.07. The van der Waals surface area contributed by atoms with Gasteiger partial charge in [-0.25, -0.2) is 17.9 Å². The molecule has 1 N–H and O–H groups in total. The van der Waals surface area contributed by atoms with E-state index in [2.05, 4.69) is 9.46 Å². The van der Waals surface area contributed by atoms with E-state index in [1.54, 1.807) is 0 Å². The van der Waals surface area contributed by atoms with Crippen molar-refractivity contribution in [2.75, 3.05) is 13.7 Å². The number of halogens is 3. The van der Waals surface area contributed by atoms with Crippen LogP contribution in [0.25, 0.3) is 0 Å². The Hall–Kier alpha value is -2.39. The zero-order valence-corrected chi connectivity index (χ0v) is 14.5. The van der Waals surface area contributed by atoms with Crippen LogP contribution in [-0.4, -0.2) is 28.0 Å². The Morgan fingerprint density at radius 3 is 2.46 bits per heavy atom. The van der Waals surface area contributed by atoms with Crippen molar-refractivity contribution in [1.29, 1.82) is 0 Å². The van der Waals surface area contributed by atoms with Crippen LogP contribution in [0.1, 0.15) is 21.5 Å². The Bertz CT molecular complexity index is 895. The molecule has 0 fully saturated rings. The van der Waals surface area contributed by atoms with Crippen molar-refractivity contribution in [3.05, 3.63) is 65.2 Å². The molecule has 26 heavy (non-hydrogen) atoms. The van der Waals surface area contributed by atoms with E-state index in [1.807, 2.05) is 0 Å². The van der Waals surface area contributed by atoms with Crippen LogP contribution in [0.3, 0.4) is 0 Å². The molecule has 0 atom stereocenters. The number of carbonyl (C=O) groups is 1. The molecule has 0 saturated carbocycles. The molecule has 2 aromatic carbocycles. The summed E-state index contributed by atoms with van der Waals surface area (Å²) in [7, 11) is -2.90. The van der Waals surface area contributed by atoms with Crippen molar-refractivity contribution in [2.24, 2.45) is 0 Å². The molecular weight excluding hydrogens is 371 g/mol. The average Bonchev–Trinajstić information content (AvgIpc) is 2.60. The molecule has 0 radical (unpaired) electrons. The van der Waals surface area contributed by atoms with Crippen LogP contribution >= 0.6 is 0 Å². The highest BCUT2D eigenvalue weighted by Gasteiger charge is 2.30. The van der Waals surface area contributed by atoms with Crippen LogP contribution in [0.2, 0.25) is 0 Å². The first-order chi connectivity index (χ1) is 12.1. The van der Waals surface area contributed by atoms with Crippen LogP contribution in [0.5, 0.6) is 0 Å². The van der Waals surface area contributed by atoms with Crippen molar-refractivity contribution in [3.63, 3.8) is 0 Å². The Balaban J connectivity index is 2.12. The average molecular weight is 387 g/mol. The maximum atomic E-state index is 12.7. The third kappa shape index (κ3) is 4.83. The molecule has 0 bridgehead atoms. The minimum atomic E-state index is -4.46. The Kier molecular flexibility index (Phi) is 6.04. The lowest BCUT2D eigenvalue weighted by molar-refractivity contribution is -0.137. The van der Waals surface area contributed by atoms with Crippen LogP contribution < -0.4 is 4.72 Å². The number of benzene rings is 2. The minimum absolute atomic E-state index is 0.0591. The number of methoxy groups -OCH3 is 1. The van der Waals surface area contributed by atoms with Gasteiger partial charge in [0.05, 0.1) is 23.1 Å². The van der Waals surface area contributed by atoms with Gasteiger partial charge in [0, 0.05) is 6.54 Å². The summed E-state index contributed by atoms with van der Waals surface area (Å²) in [5.74, 6) is -0.802. The van der Waals surface area contributed by atoms with E-state index in [4.69, 9.17) is 0 Å². The number of hydrogen-bond acceptors (Lipinski definition) is 4. The fourth-order valence-electron chi connectivity index (χ4n) is 2.29. The second-order valence-electron chi connectivity index (χ2n) is 5.33. The van der Waals surface area contributed by atoms with Gasteiger partial charge in [-0.3, -0.25) is 0 Å². The quantitative estimate of drug-likeness (QED) is 0.774. The van der Waals surface area contributed by atoms with Crippen molar-refractivity contribution in [1.82, 2.24) is 4.72 Å². The molecule has 2 aromatic rings. The van der Waals surface area contributed by atoms with Crippen molar-refractivity contribution in [3.8, 4) is 0 Å². The molecule has 140 valence electrons. The molecule has 0 amide bonds. The molecule has 0 spiro atoms. The smallest absolute Gasteiger partial charge is 0.416 e. The third-order valence-electron chi connectivity index (χ3n) is 3.54. The molecular formula is C17H16F3NO4S. The molecule has 0 saturated heterocycles. The molecule has 0 heterocycles. The number of carbonyl (C=O) groups excluding carboxylic acids is 1. The van der Waals surface area contributed by atoms with E-state index >= 15 is 0 Å². The number of ether oxygens (including phenoxy) is 1. The summed E-state index contributed by atoms with van der Waals surface area (Å²) in [4.78, 5) is 11.4. The summed E-state index contributed by atoms with van der Waals surface area (Å²) in [5.41, 5.74) is -0.584. The summed E-state index contributed by atoms with van der Waals surface area (Å²) in [6, 6.07) is 10.2. The third-order valence-corrected chi connectivity index (χ3v) is 5.06. The first-order valence-electron chi connectivity index (χ1n) is 7.48. The monoisotopic (exact) mass is 387 g/mol. The fraction of sp³-hybridized carbons (Fsp3) is 0.235. The van der Waals surface area contributed by atoms with Crippen molar-refractivity contribution in [2.45, 2.75) is 17.5 Å². The summed E-state index contributed by atoms with van der Waals surface area (Å²) in [5, 5.41) is 0. The van der Waals surface area contributed by atoms with Crippen LogP contribution in [0.4, 0.5) is 13.2 Å². The van der Waals surface area contributed by atoms with E-state index in [9.17, 15) is 26.4 Å². The zero-order chi connectivity index (χ0) is 19.4. The predicted octanol–water partition coefficient (Wildman–Crippen LogP) is 3.01. The molecule has 2 rings (SSSR count). The topological polar surface area (TPSA) is 72.5 Å². The molecule has 0 aliphatic heterocycles. The predicted molar refractivity (Wildman–Crippen MR) is 88.1 cm³/mol. The van der Waals surface area contributed by atoms with Crippen molar-refractivity contribution >= 4 is 16.0 Å². The zero-order valence-electron chi connectivity index (χ0n) is 13.7. The summed E-state index contributed by atoms with van der Waals surface area (Å²) < 4.78 is 69.7. The molecule has 0 aliphatic rings. The first kappa shape index (κ1) is 19.9. The lowest BCUT2D eigenvalue weighted by atomic mass is 10.1. The van der Waals surface area contributed by atoms with Crippen LogP contribution in [0.15, 0.2) is 53.4 Å². The maximum Gasteiger partial charge on any atom is 0.416 e. The van der Waals surface area contributed by atoms with E-state index < -0.39 is 27.7 Å². The SMILES string of the molecule is COC(=O)c1ccccc1S(=O)(=O)NCCc1cccc(C(F)(F)F)c1. The highest BCUT2D eigenvalue weighted by molar-refractivity contribution is 7.89. The summed E-state index contributed by atoms with van der Waals surface area (Å²) in [6.07, 6.45) is -4.40. The lowest BCUT2D eigenvalue weighted by Crippen LogP contribution is -2.27. The fourth-order valence-corrected chi connectivity index (χ4v) is 3.52.